The molecule has 0 aromatic carbocycles. The van der Waals surface area contributed by atoms with Gasteiger partial charge in [0.25, 0.3) is 0 Å². The number of nitrogens with one attached hydrogen (secondary N) is 1. The molecule has 0 radical (unpaired) electrons. The first kappa shape index (κ1) is 18.7. The average Bonchev–Trinajstić information content (AvgIpc) is 2.80. The Hall–Kier alpha value is -0.290. The number of halogens is 2. The van der Waals surface area contributed by atoms with Crippen molar-refractivity contribution in [2.45, 2.75) is 45.1 Å². The summed E-state index contributed by atoms with van der Waals surface area (Å²) in [5, 5.41) is 5.69. The van der Waals surface area contributed by atoms with Gasteiger partial charge in [-0.05, 0) is 25.3 Å². The van der Waals surface area contributed by atoms with Gasteiger partial charge in [-0.2, -0.15) is 0 Å². The van der Waals surface area contributed by atoms with Crippen LogP contribution in [0.1, 0.15) is 38.0 Å². The van der Waals surface area contributed by atoms with E-state index in [1.165, 1.54) is 0 Å². The molecule has 0 spiro atoms. The molecule has 0 unspecified atom stereocenters. The molecule has 0 bridgehead atoms. The zero-order valence-electron chi connectivity index (χ0n) is 11.4. The standard InChI is InChI=1S/C13H21ClN2OS.ClH/c1-3-13(4-2,9-15)16-12(17)6-5-11-7-10(14)8-18-11;/h7-8H,3-6,9,15H2,1-2H3,(H,16,17);1H. The molecule has 0 saturated heterocycles. The fourth-order valence-corrected chi connectivity index (χ4v) is 2.92. The molecule has 110 valence electrons. The van der Waals surface area contributed by atoms with Gasteiger partial charge in [0.05, 0.1) is 10.6 Å². The average molecular weight is 325 g/mol. The third-order valence-corrected chi connectivity index (χ3v) is 4.71. The molecular weight excluding hydrogens is 303 g/mol. The van der Waals surface area contributed by atoms with Gasteiger partial charge in [0.1, 0.15) is 0 Å². The topological polar surface area (TPSA) is 55.1 Å². The predicted octanol–water partition coefficient (Wildman–Crippen LogP) is 3.39. The highest BCUT2D eigenvalue weighted by atomic mass is 35.5. The van der Waals surface area contributed by atoms with Crippen LogP contribution in [0.4, 0.5) is 0 Å². The fraction of sp³-hybridized carbons (Fsp3) is 0.615. The van der Waals surface area contributed by atoms with Crippen molar-refractivity contribution in [2.24, 2.45) is 5.73 Å². The van der Waals surface area contributed by atoms with E-state index in [0.717, 1.165) is 29.2 Å². The van der Waals surface area contributed by atoms with Crippen LogP contribution in [0.3, 0.4) is 0 Å². The Labute approximate surface area is 130 Å². The number of hydrogen-bond acceptors (Lipinski definition) is 3. The molecule has 1 aromatic rings. The number of amides is 1. The smallest absolute Gasteiger partial charge is 0.220 e. The number of hydrogen-bond donors (Lipinski definition) is 2. The molecule has 1 rings (SSSR count). The van der Waals surface area contributed by atoms with E-state index in [-0.39, 0.29) is 23.9 Å². The molecule has 0 aliphatic carbocycles. The van der Waals surface area contributed by atoms with E-state index < -0.39 is 0 Å². The fourth-order valence-electron chi connectivity index (χ4n) is 1.85. The SMILES string of the molecule is CCC(CC)(CN)NC(=O)CCc1cc(Cl)cs1.Cl. The van der Waals surface area contributed by atoms with Gasteiger partial charge in [-0.3, -0.25) is 4.79 Å². The Bertz CT molecular complexity index is 383. The van der Waals surface area contributed by atoms with Gasteiger partial charge in [0.2, 0.25) is 5.91 Å². The van der Waals surface area contributed by atoms with Gasteiger partial charge < -0.3 is 11.1 Å². The molecule has 1 heterocycles. The highest BCUT2D eigenvalue weighted by Gasteiger charge is 2.25. The number of aryl methyl sites for hydroxylation is 1. The maximum absolute atomic E-state index is 11.9. The third-order valence-electron chi connectivity index (χ3n) is 3.37. The molecule has 1 aromatic heterocycles. The van der Waals surface area contributed by atoms with Gasteiger partial charge in [-0.15, -0.1) is 23.7 Å². The Balaban J connectivity index is 0.00000324. The van der Waals surface area contributed by atoms with Crippen LogP contribution in [0.2, 0.25) is 5.02 Å². The van der Waals surface area contributed by atoms with E-state index in [0.29, 0.717) is 13.0 Å². The molecule has 0 aliphatic rings. The molecule has 0 saturated carbocycles. The highest BCUT2D eigenvalue weighted by molar-refractivity contribution is 7.10. The molecule has 0 atom stereocenters. The van der Waals surface area contributed by atoms with Crippen molar-refractivity contribution in [2.75, 3.05) is 6.54 Å². The minimum atomic E-state index is -0.246. The number of nitrogens with two attached hydrogens (primary N) is 1. The van der Waals surface area contributed by atoms with Crippen molar-refractivity contribution in [1.29, 1.82) is 0 Å². The number of carbonyl (C=O) groups excluding carboxylic acids is 1. The van der Waals surface area contributed by atoms with Gasteiger partial charge in [-0.1, -0.05) is 25.4 Å². The molecule has 0 fully saturated rings. The van der Waals surface area contributed by atoms with E-state index in [1.807, 2.05) is 11.4 Å². The van der Waals surface area contributed by atoms with Crippen LogP contribution in [-0.2, 0) is 11.2 Å². The summed E-state index contributed by atoms with van der Waals surface area (Å²) in [7, 11) is 0. The minimum absolute atomic E-state index is 0. The quantitative estimate of drug-likeness (QED) is 0.807. The lowest BCUT2D eigenvalue weighted by molar-refractivity contribution is -0.123. The van der Waals surface area contributed by atoms with Crippen LogP contribution >= 0.6 is 35.3 Å². The van der Waals surface area contributed by atoms with E-state index in [9.17, 15) is 4.79 Å². The lowest BCUT2D eigenvalue weighted by Gasteiger charge is -2.31. The summed E-state index contributed by atoms with van der Waals surface area (Å²) >= 11 is 7.43. The first-order valence-electron chi connectivity index (χ1n) is 6.29. The zero-order valence-corrected chi connectivity index (χ0v) is 13.8. The second-order valence-electron chi connectivity index (χ2n) is 4.47. The molecule has 1 amide bonds. The van der Waals surface area contributed by atoms with Crippen molar-refractivity contribution in [3.8, 4) is 0 Å². The maximum Gasteiger partial charge on any atom is 0.220 e. The summed E-state index contributed by atoms with van der Waals surface area (Å²) in [4.78, 5) is 13.1. The molecule has 3 nitrogen and oxygen atoms in total. The monoisotopic (exact) mass is 324 g/mol. The zero-order chi connectivity index (χ0) is 13.6. The summed E-state index contributed by atoms with van der Waals surface area (Å²) in [5.74, 6) is 0.0636. The summed E-state index contributed by atoms with van der Waals surface area (Å²) < 4.78 is 0. The van der Waals surface area contributed by atoms with Crippen LogP contribution in [0.25, 0.3) is 0 Å². The summed E-state index contributed by atoms with van der Waals surface area (Å²) in [5.41, 5.74) is 5.51. The summed E-state index contributed by atoms with van der Waals surface area (Å²) in [6, 6.07) is 1.91. The van der Waals surface area contributed by atoms with Crippen LogP contribution in [0.5, 0.6) is 0 Å². The summed E-state index contributed by atoms with van der Waals surface area (Å²) in [6.45, 7) is 4.59. The second kappa shape index (κ2) is 8.80. The van der Waals surface area contributed by atoms with Gasteiger partial charge in [-0.25, -0.2) is 0 Å². The van der Waals surface area contributed by atoms with Gasteiger partial charge >= 0.3 is 0 Å². The van der Waals surface area contributed by atoms with Crippen LogP contribution in [-0.4, -0.2) is 18.0 Å². The van der Waals surface area contributed by atoms with Gasteiger partial charge in [0, 0.05) is 23.2 Å². The molecule has 0 aliphatic heterocycles. The molecule has 6 heteroatoms. The maximum atomic E-state index is 11.9. The Morgan fingerprint density at radius 1 is 1.47 bits per heavy atom. The van der Waals surface area contributed by atoms with Crippen molar-refractivity contribution in [1.82, 2.24) is 5.32 Å². The van der Waals surface area contributed by atoms with Crippen LogP contribution < -0.4 is 11.1 Å². The summed E-state index contributed by atoms with van der Waals surface area (Å²) in [6.07, 6.45) is 2.93. The largest absolute Gasteiger partial charge is 0.349 e. The minimum Gasteiger partial charge on any atom is -0.349 e. The van der Waals surface area contributed by atoms with Crippen molar-refractivity contribution in [3.05, 3.63) is 21.3 Å². The number of rotatable bonds is 7. The van der Waals surface area contributed by atoms with E-state index in [4.69, 9.17) is 17.3 Å². The highest BCUT2D eigenvalue weighted by Crippen LogP contribution is 2.20. The van der Waals surface area contributed by atoms with Crippen LogP contribution in [0.15, 0.2) is 11.4 Å². The molecule has 3 N–H and O–H groups in total. The lowest BCUT2D eigenvalue weighted by atomic mass is 9.92. The van der Waals surface area contributed by atoms with Crippen molar-refractivity contribution < 1.29 is 4.79 Å². The van der Waals surface area contributed by atoms with E-state index in [2.05, 4.69) is 19.2 Å². The predicted molar refractivity (Wildman–Crippen MR) is 85.4 cm³/mol. The van der Waals surface area contributed by atoms with Crippen molar-refractivity contribution >= 4 is 41.3 Å². The lowest BCUT2D eigenvalue weighted by Crippen LogP contribution is -2.52. The molecule has 19 heavy (non-hydrogen) atoms. The Morgan fingerprint density at radius 2 is 2.11 bits per heavy atom. The second-order valence-corrected chi connectivity index (χ2v) is 5.90. The van der Waals surface area contributed by atoms with Gasteiger partial charge in [0.15, 0.2) is 0 Å². The number of thiophene rings is 1. The Morgan fingerprint density at radius 3 is 2.53 bits per heavy atom. The Kier molecular flexibility index (Phi) is 8.66. The van der Waals surface area contributed by atoms with E-state index >= 15 is 0 Å². The third kappa shape index (κ3) is 5.69. The van der Waals surface area contributed by atoms with E-state index in [1.54, 1.807) is 11.3 Å². The first-order chi connectivity index (χ1) is 8.55. The number of carbonyl (C=O) groups is 1. The molecular formula is C13H22Cl2N2OS. The van der Waals surface area contributed by atoms with Crippen LogP contribution in [0, 0.1) is 0 Å². The first-order valence-corrected chi connectivity index (χ1v) is 7.55. The van der Waals surface area contributed by atoms with Crippen molar-refractivity contribution in [3.63, 3.8) is 0 Å². The normalized spacial score (nSPS) is 10.9.